The minimum atomic E-state index is -0.885. The highest BCUT2D eigenvalue weighted by Crippen LogP contribution is 2.32. The average molecular weight is 540 g/mol. The van der Waals surface area contributed by atoms with Gasteiger partial charge in [0.2, 0.25) is 0 Å². The fourth-order valence-corrected chi connectivity index (χ4v) is 3.70. The second kappa shape index (κ2) is 11.3. The van der Waals surface area contributed by atoms with E-state index in [4.69, 9.17) is 19.9 Å². The van der Waals surface area contributed by atoms with Crippen molar-refractivity contribution in [1.29, 1.82) is 5.26 Å². The Morgan fingerprint density at radius 3 is 2.62 bits per heavy atom. The topological polar surface area (TPSA) is 158 Å². The van der Waals surface area contributed by atoms with Crippen LogP contribution in [0.2, 0.25) is 0 Å². The average Bonchev–Trinajstić information content (AvgIpc) is 3.18. The third kappa shape index (κ3) is 6.59. The molecule has 0 saturated heterocycles. The van der Waals surface area contributed by atoms with Gasteiger partial charge in [-0.3, -0.25) is 4.68 Å². The van der Waals surface area contributed by atoms with E-state index in [0.29, 0.717) is 11.3 Å². The molecule has 0 bridgehead atoms. The van der Waals surface area contributed by atoms with Crippen LogP contribution in [0.1, 0.15) is 61.1 Å². The molecule has 3 rings (SSSR count). The summed E-state index contributed by atoms with van der Waals surface area (Å²) in [6.45, 7) is 6.90. The van der Waals surface area contributed by atoms with Gasteiger partial charge in [-0.05, 0) is 45.9 Å². The van der Waals surface area contributed by atoms with E-state index >= 15 is 0 Å². The molecule has 0 saturated carbocycles. The molecule has 206 valence electrons. The molecule has 0 fully saturated rings. The Bertz CT molecular complexity index is 1440. The number of aryl methyl sites for hydroxylation is 1. The fraction of sp³-hybridized carbons (Fsp3) is 0.385. The van der Waals surface area contributed by atoms with E-state index in [0.717, 1.165) is 12.1 Å². The van der Waals surface area contributed by atoms with Crippen molar-refractivity contribution < 1.29 is 28.2 Å². The maximum atomic E-state index is 14.0. The summed E-state index contributed by atoms with van der Waals surface area (Å²) in [6, 6.07) is 5.62. The van der Waals surface area contributed by atoms with E-state index < -0.39 is 29.6 Å². The molecule has 13 heteroatoms. The van der Waals surface area contributed by atoms with Crippen LogP contribution in [0, 0.1) is 17.1 Å². The van der Waals surface area contributed by atoms with E-state index in [-0.39, 0.29) is 40.8 Å². The number of carbonyl (C=O) groups excluding carboxylic acids is 2. The van der Waals surface area contributed by atoms with Gasteiger partial charge in [0, 0.05) is 19.7 Å². The number of nitrogens with zero attached hydrogens (tertiary/aromatic N) is 6. The number of esters is 1. The van der Waals surface area contributed by atoms with Gasteiger partial charge in [-0.15, -0.1) is 0 Å². The van der Waals surface area contributed by atoms with Gasteiger partial charge < -0.3 is 24.8 Å². The third-order valence-electron chi connectivity index (χ3n) is 5.53. The zero-order valence-electron chi connectivity index (χ0n) is 22.8. The summed E-state index contributed by atoms with van der Waals surface area (Å²) in [4.78, 5) is 34.7. The third-order valence-corrected chi connectivity index (χ3v) is 5.53. The maximum Gasteiger partial charge on any atom is 0.410 e. The molecule has 1 atom stereocenters. The summed E-state index contributed by atoms with van der Waals surface area (Å²) < 4.78 is 31.6. The Hall–Kier alpha value is -4.73. The lowest BCUT2D eigenvalue weighted by Crippen LogP contribution is -2.34. The number of amides is 1. The number of methoxy groups -OCH3 is 1. The van der Waals surface area contributed by atoms with Crippen LogP contribution in [-0.2, 0) is 23.1 Å². The van der Waals surface area contributed by atoms with Gasteiger partial charge >= 0.3 is 12.1 Å². The van der Waals surface area contributed by atoms with Gasteiger partial charge in [0.15, 0.2) is 11.5 Å². The van der Waals surface area contributed by atoms with Crippen molar-refractivity contribution >= 4 is 17.9 Å². The number of rotatable bonds is 7. The number of nitriles is 1. The predicted molar refractivity (Wildman–Crippen MR) is 138 cm³/mol. The fourth-order valence-electron chi connectivity index (χ4n) is 3.70. The minimum Gasteiger partial charge on any atom is -0.467 e. The molecule has 3 aromatic rings. The monoisotopic (exact) mass is 539 g/mol. The number of ether oxygens (including phenoxy) is 3. The summed E-state index contributed by atoms with van der Waals surface area (Å²) >= 11 is 0. The molecule has 2 heterocycles. The SMILES string of the molecule is COC(=O)c1ccc(F)cc1[C@@H](C)Oc1nc(-c2c(C#N)nn(C)c2CN(C)C(=O)OC(C)(C)C)cnc1N. The van der Waals surface area contributed by atoms with Crippen LogP contribution >= 0.6 is 0 Å². The molecule has 1 aromatic carbocycles. The molecule has 1 amide bonds. The number of aromatic nitrogens is 4. The Balaban J connectivity index is 2.00. The highest BCUT2D eigenvalue weighted by molar-refractivity contribution is 5.91. The zero-order valence-corrected chi connectivity index (χ0v) is 22.8. The van der Waals surface area contributed by atoms with E-state index in [9.17, 15) is 19.2 Å². The summed E-state index contributed by atoms with van der Waals surface area (Å²) in [5.74, 6) is -1.43. The second-order valence-corrected chi connectivity index (χ2v) is 9.67. The first-order valence-electron chi connectivity index (χ1n) is 11.8. The van der Waals surface area contributed by atoms with Crippen LogP contribution in [0.25, 0.3) is 11.3 Å². The Labute approximate surface area is 225 Å². The largest absolute Gasteiger partial charge is 0.467 e. The summed E-state index contributed by atoms with van der Waals surface area (Å²) in [5.41, 5.74) is 6.70. The van der Waals surface area contributed by atoms with Crippen molar-refractivity contribution in [3.63, 3.8) is 0 Å². The summed E-state index contributed by atoms with van der Waals surface area (Å²) in [6.07, 6.45) is -0.0984. The van der Waals surface area contributed by atoms with Gasteiger partial charge in [0.05, 0.1) is 42.4 Å². The molecular formula is C26H30FN7O5. The maximum absolute atomic E-state index is 14.0. The molecule has 39 heavy (non-hydrogen) atoms. The molecule has 2 aromatic heterocycles. The van der Waals surface area contributed by atoms with E-state index in [1.807, 2.05) is 6.07 Å². The van der Waals surface area contributed by atoms with Crippen molar-refractivity contribution in [2.45, 2.75) is 45.9 Å². The number of anilines is 1. The minimum absolute atomic E-state index is 0.0415. The quantitative estimate of drug-likeness (QED) is 0.438. The highest BCUT2D eigenvalue weighted by Gasteiger charge is 2.26. The number of carbonyl (C=O) groups is 2. The van der Waals surface area contributed by atoms with Gasteiger partial charge in [-0.2, -0.15) is 10.4 Å². The number of benzene rings is 1. The molecule has 0 aliphatic rings. The molecule has 12 nitrogen and oxygen atoms in total. The number of nitrogens with two attached hydrogens (primary N) is 1. The Kier molecular flexibility index (Phi) is 8.39. The van der Waals surface area contributed by atoms with Gasteiger partial charge in [0.1, 0.15) is 23.6 Å². The molecule has 2 N–H and O–H groups in total. The number of hydrogen-bond acceptors (Lipinski definition) is 10. The van der Waals surface area contributed by atoms with Crippen molar-refractivity contribution in [1.82, 2.24) is 24.6 Å². The number of halogens is 1. The van der Waals surface area contributed by atoms with Crippen LogP contribution in [-0.4, -0.2) is 56.5 Å². The van der Waals surface area contributed by atoms with Crippen molar-refractivity contribution in [3.05, 3.63) is 52.7 Å². The van der Waals surface area contributed by atoms with E-state index in [1.165, 1.54) is 29.0 Å². The van der Waals surface area contributed by atoms with Crippen LogP contribution < -0.4 is 10.5 Å². The van der Waals surface area contributed by atoms with Crippen molar-refractivity contribution in [2.75, 3.05) is 19.9 Å². The molecule has 0 spiro atoms. The van der Waals surface area contributed by atoms with Crippen molar-refractivity contribution in [2.24, 2.45) is 7.05 Å². The lowest BCUT2D eigenvalue weighted by atomic mass is 10.0. The van der Waals surface area contributed by atoms with Crippen molar-refractivity contribution in [3.8, 4) is 23.2 Å². The Morgan fingerprint density at radius 2 is 2.00 bits per heavy atom. The van der Waals surface area contributed by atoms with E-state index in [1.54, 1.807) is 41.8 Å². The molecule has 0 unspecified atom stereocenters. The van der Waals surface area contributed by atoms with Crippen LogP contribution in [0.3, 0.4) is 0 Å². The summed E-state index contributed by atoms with van der Waals surface area (Å²) in [5, 5.41) is 14.0. The first-order valence-corrected chi connectivity index (χ1v) is 11.8. The van der Waals surface area contributed by atoms with Crippen LogP contribution in [0.5, 0.6) is 5.88 Å². The number of nitrogen functional groups attached to an aromatic ring is 1. The molecule has 0 aliphatic carbocycles. The first-order chi connectivity index (χ1) is 18.2. The Morgan fingerprint density at radius 1 is 1.31 bits per heavy atom. The standard InChI is InChI=1S/C26H30FN7O5/c1-14(17-10-15(27)8-9-16(17)24(35)37-7)38-23-22(29)30-12-19(31-23)21-18(11-28)32-34(6)20(21)13-33(5)25(36)39-26(2,3)4/h8-10,12,14H,13H2,1-7H3,(H2,29,30)/t14-/m1/s1. The zero-order chi connectivity index (χ0) is 29.1. The lowest BCUT2D eigenvalue weighted by molar-refractivity contribution is 0.0281. The first kappa shape index (κ1) is 28.8. The lowest BCUT2D eigenvalue weighted by Gasteiger charge is -2.25. The second-order valence-electron chi connectivity index (χ2n) is 9.67. The van der Waals surface area contributed by atoms with Gasteiger partial charge in [-0.25, -0.2) is 23.9 Å². The normalized spacial score (nSPS) is 11.9. The molecular weight excluding hydrogens is 509 g/mol. The van der Waals surface area contributed by atoms with Crippen LogP contribution in [0.15, 0.2) is 24.4 Å². The van der Waals surface area contributed by atoms with Gasteiger partial charge in [-0.1, -0.05) is 0 Å². The van der Waals surface area contributed by atoms with Gasteiger partial charge in [0.25, 0.3) is 5.88 Å². The molecule has 0 aliphatic heterocycles. The smallest absolute Gasteiger partial charge is 0.410 e. The van der Waals surface area contributed by atoms with Crippen LogP contribution in [0.4, 0.5) is 15.0 Å². The molecule has 0 radical (unpaired) electrons. The number of hydrogen-bond donors (Lipinski definition) is 1. The highest BCUT2D eigenvalue weighted by atomic mass is 19.1. The predicted octanol–water partition coefficient (Wildman–Crippen LogP) is 3.76. The van der Waals surface area contributed by atoms with E-state index in [2.05, 4.69) is 15.1 Å². The summed E-state index contributed by atoms with van der Waals surface area (Å²) in [7, 11) is 4.40.